The fourth-order valence-corrected chi connectivity index (χ4v) is 4.04. The number of carbonyl (C=O) groups is 2. The summed E-state index contributed by atoms with van der Waals surface area (Å²) in [4.78, 5) is 35.2. The highest BCUT2D eigenvalue weighted by Gasteiger charge is 2.34. The molecule has 0 bridgehead atoms. The van der Waals surface area contributed by atoms with E-state index in [2.05, 4.69) is 25.3 Å². The number of rotatable bonds is 7. The van der Waals surface area contributed by atoms with Gasteiger partial charge in [-0.15, -0.1) is 0 Å². The minimum atomic E-state index is -0.187. The quantitative estimate of drug-likeness (QED) is 0.311. The number of carbonyl (C=O) groups excluding carboxylic acids is 2. The maximum atomic E-state index is 12.4. The van der Waals surface area contributed by atoms with E-state index in [-0.39, 0.29) is 11.8 Å². The third-order valence-electron chi connectivity index (χ3n) is 5.73. The van der Waals surface area contributed by atoms with E-state index in [0.29, 0.717) is 17.7 Å². The Morgan fingerprint density at radius 1 is 1.06 bits per heavy atom. The maximum absolute atomic E-state index is 12.4. The van der Waals surface area contributed by atoms with Crippen LogP contribution in [0.5, 0.6) is 0 Å². The number of fused-ring (bicyclic) bond motifs is 1. The molecular formula is C22H28N6O3. The van der Waals surface area contributed by atoms with Gasteiger partial charge in [0.1, 0.15) is 6.26 Å². The Hall–Kier alpha value is -3.20. The minimum absolute atomic E-state index is 0.187. The molecule has 0 aliphatic carbocycles. The summed E-state index contributed by atoms with van der Waals surface area (Å²) in [5.41, 5.74) is 1.97. The number of imide groups is 1. The predicted molar refractivity (Wildman–Crippen MR) is 116 cm³/mol. The van der Waals surface area contributed by atoms with Crippen LogP contribution in [-0.2, 0) is 6.54 Å². The molecule has 9 heteroatoms. The second-order valence-corrected chi connectivity index (χ2v) is 7.74. The molecule has 4 rings (SSSR count). The molecule has 1 saturated heterocycles. The van der Waals surface area contributed by atoms with Crippen LogP contribution < -0.4 is 5.32 Å². The van der Waals surface area contributed by atoms with Crippen molar-refractivity contribution in [2.24, 2.45) is 4.99 Å². The SMILES string of the molecule is CN=C(NCCCCN1C(=O)c2ccccc2C1=O)N1CCN(Cc2ccon2)CC1. The monoisotopic (exact) mass is 424 g/mol. The molecule has 0 radical (unpaired) electrons. The number of unbranched alkanes of at least 4 members (excludes halogenated alkanes) is 1. The van der Waals surface area contributed by atoms with Crippen LogP contribution in [0.4, 0.5) is 0 Å². The van der Waals surface area contributed by atoms with Crippen LogP contribution in [-0.4, -0.2) is 83.9 Å². The largest absolute Gasteiger partial charge is 0.364 e. The van der Waals surface area contributed by atoms with Crippen LogP contribution in [0.1, 0.15) is 39.3 Å². The Morgan fingerprint density at radius 3 is 2.39 bits per heavy atom. The standard InChI is InChI=1S/C22H28N6O3/c1-23-22(27-13-11-26(12-14-27)16-17-8-15-31-25-17)24-9-4-5-10-28-20(29)18-6-2-3-7-19(18)21(28)30/h2-3,6-8,15H,4-5,9-14,16H2,1H3,(H,23,24). The van der Waals surface area contributed by atoms with Gasteiger partial charge < -0.3 is 14.7 Å². The van der Waals surface area contributed by atoms with Crippen molar-refractivity contribution in [2.75, 3.05) is 46.3 Å². The van der Waals surface area contributed by atoms with Gasteiger partial charge in [0, 0.05) is 58.9 Å². The fraction of sp³-hybridized carbons (Fsp3) is 0.455. The van der Waals surface area contributed by atoms with Crippen molar-refractivity contribution < 1.29 is 14.1 Å². The van der Waals surface area contributed by atoms with Crippen molar-refractivity contribution in [1.82, 2.24) is 25.2 Å². The van der Waals surface area contributed by atoms with E-state index in [1.54, 1.807) is 37.6 Å². The zero-order chi connectivity index (χ0) is 21.6. The highest BCUT2D eigenvalue weighted by atomic mass is 16.5. The van der Waals surface area contributed by atoms with Crippen molar-refractivity contribution in [3.05, 3.63) is 53.4 Å². The summed E-state index contributed by atoms with van der Waals surface area (Å²) >= 11 is 0. The van der Waals surface area contributed by atoms with Gasteiger partial charge in [-0.25, -0.2) is 0 Å². The van der Waals surface area contributed by atoms with Crippen LogP contribution >= 0.6 is 0 Å². The second-order valence-electron chi connectivity index (χ2n) is 7.74. The topological polar surface area (TPSA) is 94.3 Å². The second kappa shape index (κ2) is 9.74. The van der Waals surface area contributed by atoms with Gasteiger partial charge in [-0.3, -0.25) is 24.4 Å². The highest BCUT2D eigenvalue weighted by Crippen LogP contribution is 2.22. The molecule has 9 nitrogen and oxygen atoms in total. The van der Waals surface area contributed by atoms with Crippen molar-refractivity contribution in [3.63, 3.8) is 0 Å². The number of nitrogens with one attached hydrogen (secondary N) is 1. The number of guanidine groups is 1. The smallest absolute Gasteiger partial charge is 0.261 e. The molecule has 3 heterocycles. The fourth-order valence-electron chi connectivity index (χ4n) is 4.04. The minimum Gasteiger partial charge on any atom is -0.364 e. The Bertz CT molecular complexity index is 899. The van der Waals surface area contributed by atoms with Gasteiger partial charge in [-0.1, -0.05) is 17.3 Å². The molecule has 2 aliphatic heterocycles. The number of aromatic nitrogens is 1. The van der Waals surface area contributed by atoms with Crippen molar-refractivity contribution in [2.45, 2.75) is 19.4 Å². The zero-order valence-corrected chi connectivity index (χ0v) is 17.8. The summed E-state index contributed by atoms with van der Waals surface area (Å²) in [6.45, 7) is 5.65. The number of aliphatic imine (C=N–C) groups is 1. The molecule has 1 N–H and O–H groups in total. The van der Waals surface area contributed by atoms with Crippen LogP contribution in [0, 0.1) is 0 Å². The number of piperazine rings is 1. The van der Waals surface area contributed by atoms with Crippen molar-refractivity contribution in [1.29, 1.82) is 0 Å². The van der Waals surface area contributed by atoms with Crippen molar-refractivity contribution in [3.8, 4) is 0 Å². The summed E-state index contributed by atoms with van der Waals surface area (Å²) in [6.07, 6.45) is 3.20. The van der Waals surface area contributed by atoms with E-state index in [4.69, 9.17) is 4.52 Å². The molecule has 0 unspecified atom stereocenters. The lowest BCUT2D eigenvalue weighted by molar-refractivity contribution is 0.0652. The first kappa shape index (κ1) is 21.0. The first-order valence-electron chi connectivity index (χ1n) is 10.7. The van der Waals surface area contributed by atoms with Gasteiger partial charge in [-0.05, 0) is 25.0 Å². The first-order chi connectivity index (χ1) is 15.2. The Labute approximate surface area is 181 Å². The third kappa shape index (κ3) is 4.77. The van der Waals surface area contributed by atoms with Gasteiger partial charge in [0.2, 0.25) is 0 Å². The van der Waals surface area contributed by atoms with Gasteiger partial charge in [0.25, 0.3) is 11.8 Å². The number of hydrogen-bond donors (Lipinski definition) is 1. The molecule has 2 amide bonds. The molecule has 0 saturated carbocycles. The average molecular weight is 425 g/mol. The van der Waals surface area contributed by atoms with Crippen LogP contribution in [0.25, 0.3) is 0 Å². The van der Waals surface area contributed by atoms with E-state index in [1.807, 2.05) is 6.07 Å². The lowest BCUT2D eigenvalue weighted by atomic mass is 10.1. The third-order valence-corrected chi connectivity index (χ3v) is 5.73. The molecule has 0 atom stereocenters. The summed E-state index contributed by atoms with van der Waals surface area (Å²) in [5, 5.41) is 7.38. The zero-order valence-electron chi connectivity index (χ0n) is 17.8. The summed E-state index contributed by atoms with van der Waals surface area (Å²) in [5.74, 6) is 0.516. The van der Waals surface area contributed by atoms with E-state index in [0.717, 1.165) is 63.8 Å². The molecular weight excluding hydrogens is 396 g/mol. The maximum Gasteiger partial charge on any atom is 0.261 e. The number of nitrogens with zero attached hydrogens (tertiary/aromatic N) is 5. The summed E-state index contributed by atoms with van der Waals surface area (Å²) < 4.78 is 4.90. The van der Waals surface area contributed by atoms with Gasteiger partial charge in [-0.2, -0.15) is 0 Å². The van der Waals surface area contributed by atoms with E-state index in [9.17, 15) is 9.59 Å². The summed E-state index contributed by atoms with van der Waals surface area (Å²) in [6, 6.07) is 8.91. The Morgan fingerprint density at radius 2 is 1.77 bits per heavy atom. The molecule has 1 fully saturated rings. The number of amides is 2. The van der Waals surface area contributed by atoms with Crippen molar-refractivity contribution >= 4 is 17.8 Å². The van der Waals surface area contributed by atoms with E-state index >= 15 is 0 Å². The van der Waals surface area contributed by atoms with Gasteiger partial charge in [0.15, 0.2) is 5.96 Å². The molecule has 2 aliphatic rings. The Balaban J connectivity index is 1.16. The van der Waals surface area contributed by atoms with Crippen LogP contribution in [0.3, 0.4) is 0 Å². The normalized spacial score (nSPS) is 17.4. The summed E-state index contributed by atoms with van der Waals surface area (Å²) in [7, 11) is 1.79. The molecule has 1 aromatic carbocycles. The molecule has 1 aromatic heterocycles. The average Bonchev–Trinajstić information content (AvgIpc) is 3.39. The van der Waals surface area contributed by atoms with Gasteiger partial charge >= 0.3 is 0 Å². The van der Waals surface area contributed by atoms with Crippen LogP contribution in [0.2, 0.25) is 0 Å². The van der Waals surface area contributed by atoms with Crippen LogP contribution in [0.15, 0.2) is 46.1 Å². The highest BCUT2D eigenvalue weighted by molar-refractivity contribution is 6.21. The predicted octanol–water partition coefficient (Wildman–Crippen LogP) is 1.44. The van der Waals surface area contributed by atoms with E-state index < -0.39 is 0 Å². The molecule has 164 valence electrons. The first-order valence-corrected chi connectivity index (χ1v) is 10.7. The number of hydrogen-bond acceptors (Lipinski definition) is 6. The van der Waals surface area contributed by atoms with Gasteiger partial charge in [0.05, 0.1) is 16.8 Å². The molecule has 0 spiro atoms. The molecule has 2 aromatic rings. The lowest BCUT2D eigenvalue weighted by Gasteiger charge is -2.36. The molecule has 31 heavy (non-hydrogen) atoms. The lowest BCUT2D eigenvalue weighted by Crippen LogP contribution is -2.52. The number of benzene rings is 1. The van der Waals surface area contributed by atoms with E-state index in [1.165, 1.54) is 4.90 Å². The Kier molecular flexibility index (Phi) is 6.61.